The highest BCUT2D eigenvalue weighted by Gasteiger charge is 2.20. The van der Waals surface area contributed by atoms with Gasteiger partial charge in [0.05, 0.1) is 16.2 Å². The van der Waals surface area contributed by atoms with Gasteiger partial charge in [0.25, 0.3) is 0 Å². The van der Waals surface area contributed by atoms with Crippen LogP contribution < -0.4 is 0 Å². The van der Waals surface area contributed by atoms with Crippen LogP contribution in [0, 0.1) is 6.92 Å². The summed E-state index contributed by atoms with van der Waals surface area (Å²) in [6, 6.07) is 2.63. The molecule has 1 aromatic carbocycles. The molecule has 0 saturated heterocycles. The number of aromatic carboxylic acids is 1. The van der Waals surface area contributed by atoms with E-state index in [9.17, 15) is 13.2 Å². The molecule has 4 nitrogen and oxygen atoms in total. The second-order valence-corrected chi connectivity index (χ2v) is 7.62. The van der Waals surface area contributed by atoms with Gasteiger partial charge in [-0.15, -0.1) is 0 Å². The monoisotopic (exact) mass is 352 g/mol. The normalized spacial score (nSPS) is 11.5. The van der Waals surface area contributed by atoms with Crippen molar-refractivity contribution in [3.05, 3.63) is 27.7 Å². The van der Waals surface area contributed by atoms with Gasteiger partial charge in [-0.25, -0.2) is 13.2 Å². The van der Waals surface area contributed by atoms with E-state index in [-0.39, 0.29) is 16.2 Å². The van der Waals surface area contributed by atoms with E-state index >= 15 is 0 Å². The van der Waals surface area contributed by atoms with Gasteiger partial charge >= 0.3 is 5.97 Å². The molecule has 7 heteroatoms. The zero-order valence-electron chi connectivity index (χ0n) is 9.94. The molecule has 0 atom stereocenters. The number of benzene rings is 1. The Morgan fingerprint density at radius 3 is 2.56 bits per heavy atom. The summed E-state index contributed by atoms with van der Waals surface area (Å²) in [4.78, 5) is 11.0. The Labute approximate surface area is 119 Å². The molecule has 1 aromatic rings. The van der Waals surface area contributed by atoms with Crippen LogP contribution in [0.4, 0.5) is 0 Å². The third-order valence-corrected chi connectivity index (χ3v) is 5.97. The molecule has 0 spiro atoms. The standard InChI is InChI=1S/C11H13BrO4S2/c1-7-9(12)5-8(11(13)14)6-10(7)18(15,16)4-3-17-2/h5-6H,3-4H2,1-2H3,(H,13,14). The average Bonchev–Trinajstić information content (AvgIpc) is 2.29. The first-order valence-corrected chi connectivity index (χ1v) is 8.88. The van der Waals surface area contributed by atoms with Crippen LogP contribution in [0.15, 0.2) is 21.5 Å². The third-order valence-electron chi connectivity index (χ3n) is 2.43. The number of hydrogen-bond donors (Lipinski definition) is 1. The Hall–Kier alpha value is -0.530. The molecule has 1 N–H and O–H groups in total. The third kappa shape index (κ3) is 3.49. The number of thioether (sulfide) groups is 1. The number of carbonyl (C=O) groups is 1. The number of halogens is 1. The van der Waals surface area contributed by atoms with Crippen molar-refractivity contribution in [2.45, 2.75) is 11.8 Å². The predicted octanol–water partition coefficient (Wildman–Crippen LogP) is 2.59. The molecule has 0 radical (unpaired) electrons. The van der Waals surface area contributed by atoms with E-state index in [1.54, 1.807) is 6.92 Å². The molecule has 0 saturated carbocycles. The van der Waals surface area contributed by atoms with Crippen molar-refractivity contribution in [1.29, 1.82) is 0 Å². The molecular formula is C11H13BrO4S2. The summed E-state index contributed by atoms with van der Waals surface area (Å²) in [5.41, 5.74) is 0.510. The van der Waals surface area contributed by atoms with Crippen molar-refractivity contribution in [1.82, 2.24) is 0 Å². The second-order valence-electron chi connectivity index (χ2n) is 3.70. The maximum atomic E-state index is 12.1. The molecule has 0 aliphatic rings. The molecule has 0 heterocycles. The van der Waals surface area contributed by atoms with Crippen molar-refractivity contribution in [3.8, 4) is 0 Å². The van der Waals surface area contributed by atoms with Gasteiger partial charge in [0.2, 0.25) is 0 Å². The van der Waals surface area contributed by atoms with E-state index in [0.717, 1.165) is 0 Å². The molecule has 0 fully saturated rings. The van der Waals surface area contributed by atoms with Crippen LogP contribution in [0.1, 0.15) is 15.9 Å². The summed E-state index contributed by atoms with van der Waals surface area (Å²) in [7, 11) is -3.45. The molecule has 0 unspecified atom stereocenters. The first kappa shape index (κ1) is 15.5. The second kappa shape index (κ2) is 6.08. The van der Waals surface area contributed by atoms with E-state index in [0.29, 0.717) is 15.8 Å². The van der Waals surface area contributed by atoms with Crippen LogP contribution in [0.25, 0.3) is 0 Å². The fourth-order valence-electron chi connectivity index (χ4n) is 1.40. The molecular weight excluding hydrogens is 340 g/mol. The van der Waals surface area contributed by atoms with Crippen molar-refractivity contribution in [2.24, 2.45) is 0 Å². The van der Waals surface area contributed by atoms with Gasteiger partial charge in [-0.1, -0.05) is 15.9 Å². The number of sulfone groups is 1. The van der Waals surface area contributed by atoms with Crippen molar-refractivity contribution >= 4 is 43.5 Å². The highest BCUT2D eigenvalue weighted by molar-refractivity contribution is 9.10. The molecule has 0 aliphatic carbocycles. The van der Waals surface area contributed by atoms with E-state index < -0.39 is 15.8 Å². The van der Waals surface area contributed by atoms with Gasteiger partial charge < -0.3 is 5.11 Å². The molecule has 100 valence electrons. The van der Waals surface area contributed by atoms with E-state index in [1.807, 2.05) is 6.26 Å². The molecule has 18 heavy (non-hydrogen) atoms. The van der Waals surface area contributed by atoms with Crippen LogP contribution in [0.5, 0.6) is 0 Å². The minimum Gasteiger partial charge on any atom is -0.478 e. The molecule has 0 amide bonds. The van der Waals surface area contributed by atoms with Crippen molar-refractivity contribution in [3.63, 3.8) is 0 Å². The number of carboxylic acids is 1. The van der Waals surface area contributed by atoms with Gasteiger partial charge in [-0.2, -0.15) is 11.8 Å². The quantitative estimate of drug-likeness (QED) is 0.881. The first-order valence-electron chi connectivity index (χ1n) is 5.04. The smallest absolute Gasteiger partial charge is 0.335 e. The van der Waals surface area contributed by atoms with Gasteiger partial charge in [0, 0.05) is 10.2 Å². The average molecular weight is 353 g/mol. The maximum absolute atomic E-state index is 12.1. The number of carboxylic acid groups (broad SMARTS) is 1. The van der Waals surface area contributed by atoms with Crippen molar-refractivity contribution < 1.29 is 18.3 Å². The number of hydrogen-bond acceptors (Lipinski definition) is 4. The molecule has 1 rings (SSSR count). The predicted molar refractivity (Wildman–Crippen MR) is 76.3 cm³/mol. The summed E-state index contributed by atoms with van der Waals surface area (Å²) < 4.78 is 24.7. The number of rotatable bonds is 5. The lowest BCUT2D eigenvalue weighted by atomic mass is 10.1. The lowest BCUT2D eigenvalue weighted by Crippen LogP contribution is -2.12. The van der Waals surface area contributed by atoms with E-state index in [4.69, 9.17) is 5.11 Å². The topological polar surface area (TPSA) is 71.4 Å². The molecule has 0 bridgehead atoms. The van der Waals surface area contributed by atoms with Crippen LogP contribution >= 0.6 is 27.7 Å². The fourth-order valence-corrected chi connectivity index (χ4v) is 4.64. The Kier molecular flexibility index (Phi) is 5.24. The van der Waals surface area contributed by atoms with Crippen LogP contribution in [-0.2, 0) is 9.84 Å². The zero-order chi connectivity index (χ0) is 13.9. The Bertz CT molecular complexity index is 567. The Morgan fingerprint density at radius 2 is 2.06 bits per heavy atom. The lowest BCUT2D eigenvalue weighted by Gasteiger charge is -2.10. The minimum atomic E-state index is -3.45. The minimum absolute atomic E-state index is 0.00448. The van der Waals surface area contributed by atoms with E-state index in [1.165, 1.54) is 23.9 Å². The van der Waals surface area contributed by atoms with Crippen LogP contribution in [0.3, 0.4) is 0 Å². The SMILES string of the molecule is CSCCS(=O)(=O)c1cc(C(=O)O)cc(Br)c1C. The van der Waals surface area contributed by atoms with Crippen LogP contribution in [0.2, 0.25) is 0 Å². The molecule has 0 aromatic heterocycles. The summed E-state index contributed by atoms with van der Waals surface area (Å²) in [5, 5.41) is 8.95. The van der Waals surface area contributed by atoms with Crippen molar-refractivity contribution in [2.75, 3.05) is 17.8 Å². The maximum Gasteiger partial charge on any atom is 0.335 e. The van der Waals surface area contributed by atoms with Gasteiger partial charge in [0.1, 0.15) is 0 Å². The Morgan fingerprint density at radius 1 is 1.44 bits per heavy atom. The summed E-state index contributed by atoms with van der Waals surface area (Å²) >= 11 is 4.63. The van der Waals surface area contributed by atoms with Gasteiger partial charge in [0.15, 0.2) is 9.84 Å². The molecule has 0 aliphatic heterocycles. The summed E-state index contributed by atoms with van der Waals surface area (Å²) in [6.07, 6.45) is 1.83. The van der Waals surface area contributed by atoms with E-state index in [2.05, 4.69) is 15.9 Å². The summed E-state index contributed by atoms with van der Waals surface area (Å²) in [6.45, 7) is 1.65. The van der Waals surface area contributed by atoms with Gasteiger partial charge in [-0.05, 0) is 30.9 Å². The zero-order valence-corrected chi connectivity index (χ0v) is 13.2. The largest absolute Gasteiger partial charge is 0.478 e. The van der Waals surface area contributed by atoms with Crippen LogP contribution in [-0.4, -0.2) is 37.3 Å². The highest BCUT2D eigenvalue weighted by atomic mass is 79.9. The fraction of sp³-hybridized carbons (Fsp3) is 0.364. The Balaban J connectivity index is 3.35. The summed E-state index contributed by atoms with van der Waals surface area (Å²) in [5.74, 6) is -0.654. The first-order chi connectivity index (χ1) is 8.29. The highest BCUT2D eigenvalue weighted by Crippen LogP contribution is 2.27. The lowest BCUT2D eigenvalue weighted by molar-refractivity contribution is 0.0696. The van der Waals surface area contributed by atoms with Gasteiger partial charge in [-0.3, -0.25) is 0 Å².